The maximum atomic E-state index is 3.68. The summed E-state index contributed by atoms with van der Waals surface area (Å²) >= 11 is 5.44. The fraction of sp³-hybridized carbons (Fsp3) is 0.444. The molecule has 0 bridgehead atoms. The number of fused-ring (bicyclic) bond motifs is 1. The van der Waals surface area contributed by atoms with Crippen molar-refractivity contribution in [2.45, 2.75) is 44.6 Å². The number of hydrogen-bond donors (Lipinski definition) is 1. The van der Waals surface area contributed by atoms with Crippen LogP contribution in [0.2, 0.25) is 0 Å². The van der Waals surface area contributed by atoms with Crippen molar-refractivity contribution >= 4 is 27.3 Å². The third kappa shape index (κ3) is 3.58. The molecule has 1 aliphatic carbocycles. The zero-order valence-electron chi connectivity index (χ0n) is 12.4. The first-order chi connectivity index (χ1) is 10.3. The fourth-order valence-electron chi connectivity index (χ4n) is 3.44. The highest BCUT2D eigenvalue weighted by atomic mass is 79.9. The van der Waals surface area contributed by atoms with Crippen molar-refractivity contribution in [3.63, 3.8) is 0 Å². The smallest absolute Gasteiger partial charge is 0.0420 e. The molecule has 2 unspecified atom stereocenters. The van der Waals surface area contributed by atoms with Gasteiger partial charge in [0, 0.05) is 20.8 Å². The summed E-state index contributed by atoms with van der Waals surface area (Å²) < 4.78 is 1.20. The molecule has 0 fully saturated rings. The normalized spacial score (nSPS) is 19.2. The van der Waals surface area contributed by atoms with Crippen LogP contribution in [0.1, 0.15) is 54.1 Å². The average Bonchev–Trinajstić information content (AvgIpc) is 2.94. The van der Waals surface area contributed by atoms with E-state index < -0.39 is 0 Å². The Morgan fingerprint density at radius 3 is 3.00 bits per heavy atom. The van der Waals surface area contributed by atoms with Crippen LogP contribution in [-0.2, 0) is 6.42 Å². The van der Waals surface area contributed by atoms with Gasteiger partial charge in [-0.3, -0.25) is 0 Å². The maximum absolute atomic E-state index is 3.68. The van der Waals surface area contributed by atoms with Gasteiger partial charge in [-0.2, -0.15) is 0 Å². The Bertz CT molecular complexity index is 592. The minimum absolute atomic E-state index is 0.474. The molecule has 1 heterocycles. The van der Waals surface area contributed by atoms with Gasteiger partial charge in [-0.1, -0.05) is 31.2 Å². The molecule has 0 saturated carbocycles. The number of halogens is 1. The van der Waals surface area contributed by atoms with Crippen LogP contribution in [0.15, 0.2) is 40.2 Å². The molecule has 2 aromatic rings. The van der Waals surface area contributed by atoms with Crippen molar-refractivity contribution in [3.8, 4) is 0 Å². The van der Waals surface area contributed by atoms with Crippen LogP contribution in [0, 0.1) is 0 Å². The van der Waals surface area contributed by atoms with Gasteiger partial charge < -0.3 is 5.32 Å². The van der Waals surface area contributed by atoms with Crippen LogP contribution >= 0.6 is 27.3 Å². The van der Waals surface area contributed by atoms with Crippen molar-refractivity contribution in [2.75, 3.05) is 6.54 Å². The molecule has 2 atom stereocenters. The van der Waals surface area contributed by atoms with Crippen LogP contribution in [0.25, 0.3) is 0 Å². The van der Waals surface area contributed by atoms with Gasteiger partial charge in [-0.25, -0.2) is 0 Å². The lowest BCUT2D eigenvalue weighted by atomic mass is 9.79. The van der Waals surface area contributed by atoms with Gasteiger partial charge in [0.2, 0.25) is 0 Å². The van der Waals surface area contributed by atoms with Crippen LogP contribution < -0.4 is 5.32 Å². The largest absolute Gasteiger partial charge is 0.310 e. The molecule has 1 aromatic heterocycles. The summed E-state index contributed by atoms with van der Waals surface area (Å²) in [4.78, 5) is 1.45. The maximum Gasteiger partial charge on any atom is 0.0420 e. The van der Waals surface area contributed by atoms with E-state index in [4.69, 9.17) is 0 Å². The van der Waals surface area contributed by atoms with E-state index in [1.165, 1.54) is 35.0 Å². The zero-order chi connectivity index (χ0) is 14.7. The summed E-state index contributed by atoms with van der Waals surface area (Å²) in [6.07, 6.45) is 5.11. The van der Waals surface area contributed by atoms with Gasteiger partial charge >= 0.3 is 0 Å². The van der Waals surface area contributed by atoms with E-state index in [1.54, 1.807) is 11.1 Å². The summed E-state index contributed by atoms with van der Waals surface area (Å²) in [6, 6.07) is 11.8. The van der Waals surface area contributed by atoms with Crippen LogP contribution in [-0.4, -0.2) is 6.54 Å². The fourth-order valence-corrected chi connectivity index (χ4v) is 4.98. The molecule has 1 N–H and O–H groups in total. The first kappa shape index (κ1) is 15.3. The zero-order valence-corrected chi connectivity index (χ0v) is 14.8. The topological polar surface area (TPSA) is 12.0 Å². The van der Waals surface area contributed by atoms with Gasteiger partial charge in [0.15, 0.2) is 0 Å². The average molecular weight is 364 g/mol. The molecule has 1 aliphatic rings. The van der Waals surface area contributed by atoms with Crippen LogP contribution in [0.4, 0.5) is 0 Å². The molecule has 0 spiro atoms. The first-order valence-corrected chi connectivity index (χ1v) is 9.50. The van der Waals surface area contributed by atoms with Crippen molar-refractivity contribution in [2.24, 2.45) is 0 Å². The second-order valence-corrected chi connectivity index (χ2v) is 7.66. The van der Waals surface area contributed by atoms with Crippen molar-refractivity contribution in [1.82, 2.24) is 5.32 Å². The molecule has 0 aliphatic heterocycles. The third-order valence-electron chi connectivity index (χ3n) is 4.40. The first-order valence-electron chi connectivity index (χ1n) is 7.83. The van der Waals surface area contributed by atoms with Gasteiger partial charge in [0.1, 0.15) is 0 Å². The van der Waals surface area contributed by atoms with Gasteiger partial charge in [-0.15, -0.1) is 11.3 Å². The molecule has 112 valence electrons. The summed E-state index contributed by atoms with van der Waals surface area (Å²) in [5, 5.41) is 5.87. The number of hydrogen-bond acceptors (Lipinski definition) is 2. The molecule has 1 aromatic carbocycles. The van der Waals surface area contributed by atoms with E-state index in [0.717, 1.165) is 6.54 Å². The number of nitrogens with one attached hydrogen (secondary N) is 1. The van der Waals surface area contributed by atoms with Gasteiger partial charge in [0.25, 0.3) is 0 Å². The molecule has 3 rings (SSSR count). The Labute approximate surface area is 139 Å². The van der Waals surface area contributed by atoms with Crippen molar-refractivity contribution in [3.05, 3.63) is 56.2 Å². The number of benzene rings is 1. The molecule has 21 heavy (non-hydrogen) atoms. The highest BCUT2D eigenvalue weighted by Gasteiger charge is 2.24. The van der Waals surface area contributed by atoms with E-state index >= 15 is 0 Å². The van der Waals surface area contributed by atoms with Crippen molar-refractivity contribution in [1.29, 1.82) is 0 Å². The Morgan fingerprint density at radius 2 is 2.24 bits per heavy atom. The Hall–Kier alpha value is -0.640. The van der Waals surface area contributed by atoms with Gasteiger partial charge in [0.05, 0.1) is 0 Å². The van der Waals surface area contributed by atoms with E-state index in [2.05, 4.69) is 63.9 Å². The number of rotatable bonds is 5. The molecule has 0 saturated heterocycles. The molecule has 1 nitrogen and oxygen atoms in total. The van der Waals surface area contributed by atoms with Gasteiger partial charge in [-0.05, 0) is 71.3 Å². The van der Waals surface area contributed by atoms with E-state index in [9.17, 15) is 0 Å². The summed E-state index contributed by atoms with van der Waals surface area (Å²) in [5.41, 5.74) is 3.15. The summed E-state index contributed by atoms with van der Waals surface area (Å²) in [5.74, 6) is 0.694. The molecular weight excluding hydrogens is 342 g/mol. The van der Waals surface area contributed by atoms with E-state index in [1.807, 2.05) is 11.3 Å². The van der Waals surface area contributed by atoms with Crippen molar-refractivity contribution < 1.29 is 0 Å². The molecule has 3 heteroatoms. The highest BCUT2D eigenvalue weighted by Crippen LogP contribution is 2.39. The third-order valence-corrected chi connectivity index (χ3v) is 6.20. The second kappa shape index (κ2) is 7.08. The highest BCUT2D eigenvalue weighted by molar-refractivity contribution is 9.10. The van der Waals surface area contributed by atoms with E-state index in [-0.39, 0.29) is 0 Å². The number of thiophene rings is 1. The van der Waals surface area contributed by atoms with Crippen LogP contribution in [0.3, 0.4) is 0 Å². The lowest BCUT2D eigenvalue weighted by Gasteiger charge is -2.29. The molecule has 0 amide bonds. The van der Waals surface area contributed by atoms with E-state index in [0.29, 0.717) is 12.0 Å². The predicted octanol–water partition coefficient (Wildman–Crippen LogP) is 5.67. The molecular formula is C18H22BrNS. The second-order valence-electron chi connectivity index (χ2n) is 5.80. The lowest BCUT2D eigenvalue weighted by molar-refractivity contribution is 0.430. The summed E-state index contributed by atoms with van der Waals surface area (Å²) in [7, 11) is 0. The Kier molecular flexibility index (Phi) is 5.15. The quantitative estimate of drug-likeness (QED) is 0.721. The minimum atomic E-state index is 0.474. The standard InChI is InChI=1S/C18H22BrNS/c1-2-20-17(18-11-15(19)12-21-18)10-14-8-5-7-13-6-3-4-9-16(13)14/h3-4,6,9,11-12,14,17,20H,2,5,7-8,10H2,1H3. The minimum Gasteiger partial charge on any atom is -0.310 e. The summed E-state index contributed by atoms with van der Waals surface area (Å²) in [6.45, 7) is 3.22. The SMILES string of the molecule is CCNC(CC1CCCc2ccccc21)c1cc(Br)cs1. The monoisotopic (exact) mass is 363 g/mol. The lowest BCUT2D eigenvalue weighted by Crippen LogP contribution is -2.23. The Balaban J connectivity index is 1.80. The number of aryl methyl sites for hydroxylation is 1. The Morgan fingerprint density at radius 1 is 1.38 bits per heavy atom. The molecule has 0 radical (unpaired) electrons. The predicted molar refractivity (Wildman–Crippen MR) is 95.2 cm³/mol. The van der Waals surface area contributed by atoms with Crippen LogP contribution in [0.5, 0.6) is 0 Å².